The summed E-state index contributed by atoms with van der Waals surface area (Å²) in [5.74, 6) is -0.0992. The van der Waals surface area contributed by atoms with Gasteiger partial charge in [-0.3, -0.25) is 4.79 Å². The second-order valence-corrected chi connectivity index (χ2v) is 5.26. The number of halogens is 2. The minimum absolute atomic E-state index is 0.0424. The Morgan fingerprint density at radius 3 is 2.58 bits per heavy atom. The molecular weight excluding hydrogens is 316 g/mol. The third-order valence-electron chi connectivity index (χ3n) is 3.57. The highest BCUT2D eigenvalue weighted by molar-refractivity contribution is 5.97. The second-order valence-electron chi connectivity index (χ2n) is 5.26. The number of alkyl halides is 2. The predicted molar refractivity (Wildman–Crippen MR) is 85.2 cm³/mol. The lowest BCUT2D eigenvalue weighted by molar-refractivity contribution is -0.0501. The Hall–Kier alpha value is -2.89. The first-order valence-electron chi connectivity index (χ1n) is 7.38. The van der Waals surface area contributed by atoms with Crippen LogP contribution in [0.5, 0.6) is 5.75 Å². The summed E-state index contributed by atoms with van der Waals surface area (Å²) >= 11 is 0. The number of para-hydroxylation sites is 2. The van der Waals surface area contributed by atoms with Gasteiger partial charge < -0.3 is 14.5 Å². The maximum atomic E-state index is 12.4. The SMILES string of the molecule is CC(NC(=O)c1ccccc1OC(F)F)c1cc2ccccc2o1. The van der Waals surface area contributed by atoms with E-state index in [4.69, 9.17) is 4.42 Å². The van der Waals surface area contributed by atoms with Gasteiger partial charge in [0, 0.05) is 5.39 Å². The molecule has 1 heterocycles. The molecule has 0 aliphatic rings. The monoisotopic (exact) mass is 331 g/mol. The highest BCUT2D eigenvalue weighted by atomic mass is 19.3. The fourth-order valence-corrected chi connectivity index (χ4v) is 2.41. The van der Waals surface area contributed by atoms with E-state index in [-0.39, 0.29) is 11.3 Å². The van der Waals surface area contributed by atoms with Gasteiger partial charge in [0.1, 0.15) is 17.1 Å². The molecule has 1 N–H and O–H groups in total. The molecule has 0 fully saturated rings. The largest absolute Gasteiger partial charge is 0.459 e. The van der Waals surface area contributed by atoms with E-state index in [1.807, 2.05) is 30.3 Å². The minimum atomic E-state index is -2.99. The van der Waals surface area contributed by atoms with Crippen molar-refractivity contribution in [2.45, 2.75) is 19.6 Å². The normalized spacial score (nSPS) is 12.3. The van der Waals surface area contributed by atoms with Gasteiger partial charge in [-0.2, -0.15) is 8.78 Å². The molecule has 4 nitrogen and oxygen atoms in total. The van der Waals surface area contributed by atoms with Crippen LogP contribution >= 0.6 is 0 Å². The number of hydrogen-bond donors (Lipinski definition) is 1. The van der Waals surface area contributed by atoms with Crippen LogP contribution in [0.2, 0.25) is 0 Å². The Balaban J connectivity index is 1.79. The van der Waals surface area contributed by atoms with Crippen molar-refractivity contribution in [2.24, 2.45) is 0 Å². The summed E-state index contributed by atoms with van der Waals surface area (Å²) in [4.78, 5) is 12.4. The molecule has 1 amide bonds. The van der Waals surface area contributed by atoms with Crippen LogP contribution in [-0.2, 0) is 0 Å². The zero-order valence-electron chi connectivity index (χ0n) is 12.8. The molecule has 0 bridgehead atoms. The molecule has 2 aromatic carbocycles. The Morgan fingerprint density at radius 1 is 1.12 bits per heavy atom. The van der Waals surface area contributed by atoms with Gasteiger partial charge in [-0.1, -0.05) is 30.3 Å². The minimum Gasteiger partial charge on any atom is -0.459 e. The molecule has 124 valence electrons. The van der Waals surface area contributed by atoms with Crippen LogP contribution in [0.4, 0.5) is 8.78 Å². The molecule has 6 heteroatoms. The Morgan fingerprint density at radius 2 is 1.83 bits per heavy atom. The van der Waals surface area contributed by atoms with Gasteiger partial charge in [0.2, 0.25) is 0 Å². The van der Waals surface area contributed by atoms with E-state index in [2.05, 4.69) is 10.1 Å². The van der Waals surface area contributed by atoms with E-state index >= 15 is 0 Å². The van der Waals surface area contributed by atoms with Crippen LogP contribution < -0.4 is 10.1 Å². The van der Waals surface area contributed by atoms with Gasteiger partial charge in [0.15, 0.2) is 0 Å². The second kappa shape index (κ2) is 6.70. The molecule has 1 unspecified atom stereocenters. The molecule has 3 rings (SSSR count). The molecule has 1 atom stereocenters. The average Bonchev–Trinajstić information content (AvgIpc) is 2.99. The first kappa shape index (κ1) is 16.0. The highest BCUT2D eigenvalue weighted by Gasteiger charge is 2.19. The lowest BCUT2D eigenvalue weighted by atomic mass is 10.1. The van der Waals surface area contributed by atoms with Crippen LogP contribution in [0.1, 0.15) is 29.1 Å². The molecule has 3 aromatic rings. The number of ether oxygens (including phenoxy) is 1. The van der Waals surface area contributed by atoms with Gasteiger partial charge in [0.05, 0.1) is 11.6 Å². The molecule has 0 spiro atoms. The Labute approximate surface area is 137 Å². The summed E-state index contributed by atoms with van der Waals surface area (Å²) in [6.45, 7) is -1.24. The summed E-state index contributed by atoms with van der Waals surface area (Å²) in [5, 5.41) is 3.66. The fourth-order valence-electron chi connectivity index (χ4n) is 2.41. The fraction of sp³-hybridized carbons (Fsp3) is 0.167. The summed E-state index contributed by atoms with van der Waals surface area (Å²) in [7, 11) is 0. The molecule has 0 saturated carbocycles. The van der Waals surface area contributed by atoms with Crippen molar-refractivity contribution in [1.29, 1.82) is 0 Å². The topological polar surface area (TPSA) is 51.5 Å². The molecule has 0 saturated heterocycles. The maximum absolute atomic E-state index is 12.4. The van der Waals surface area contributed by atoms with E-state index in [9.17, 15) is 13.6 Å². The van der Waals surface area contributed by atoms with E-state index in [1.54, 1.807) is 13.0 Å². The zero-order chi connectivity index (χ0) is 17.1. The van der Waals surface area contributed by atoms with Gasteiger partial charge in [0.25, 0.3) is 5.91 Å². The van der Waals surface area contributed by atoms with Crippen LogP contribution in [-0.4, -0.2) is 12.5 Å². The maximum Gasteiger partial charge on any atom is 0.387 e. The molecule has 0 radical (unpaired) electrons. The van der Waals surface area contributed by atoms with Crippen molar-refractivity contribution in [1.82, 2.24) is 5.32 Å². The molecule has 1 aromatic heterocycles. The summed E-state index contributed by atoms with van der Waals surface area (Å²) in [6, 6.07) is 14.8. The van der Waals surface area contributed by atoms with E-state index in [0.717, 1.165) is 11.0 Å². The molecule has 0 aliphatic carbocycles. The summed E-state index contributed by atoms with van der Waals surface area (Å²) < 4.78 is 35.0. The predicted octanol–water partition coefficient (Wildman–Crippen LogP) is 4.53. The standard InChI is InChI=1S/C18H15F2NO3/c1-11(16-10-12-6-2-4-8-14(12)23-16)21-17(22)13-7-3-5-9-15(13)24-18(19)20/h2-11,18H,1H3,(H,21,22). The molecule has 0 aliphatic heterocycles. The molecule has 24 heavy (non-hydrogen) atoms. The molecular formula is C18H15F2NO3. The number of benzene rings is 2. The third kappa shape index (κ3) is 3.37. The summed E-state index contributed by atoms with van der Waals surface area (Å²) in [5.41, 5.74) is 0.760. The number of carbonyl (C=O) groups is 1. The van der Waals surface area contributed by atoms with Gasteiger partial charge in [-0.25, -0.2) is 0 Å². The van der Waals surface area contributed by atoms with Crippen LogP contribution in [0.15, 0.2) is 59.0 Å². The Bertz CT molecular complexity index is 827. The highest BCUT2D eigenvalue weighted by Crippen LogP contribution is 2.25. The number of hydrogen-bond acceptors (Lipinski definition) is 3. The average molecular weight is 331 g/mol. The van der Waals surface area contributed by atoms with Gasteiger partial charge in [-0.15, -0.1) is 0 Å². The van der Waals surface area contributed by atoms with Crippen molar-refractivity contribution < 1.29 is 22.7 Å². The van der Waals surface area contributed by atoms with Gasteiger partial charge in [-0.05, 0) is 31.2 Å². The van der Waals surface area contributed by atoms with Crippen molar-refractivity contribution in [3.8, 4) is 5.75 Å². The third-order valence-corrected chi connectivity index (χ3v) is 3.57. The summed E-state index contributed by atoms with van der Waals surface area (Å²) in [6.07, 6.45) is 0. The first-order chi connectivity index (χ1) is 11.5. The number of fused-ring (bicyclic) bond motifs is 1. The quantitative estimate of drug-likeness (QED) is 0.747. The number of carbonyl (C=O) groups excluding carboxylic acids is 1. The zero-order valence-corrected chi connectivity index (χ0v) is 12.8. The smallest absolute Gasteiger partial charge is 0.387 e. The number of nitrogens with one attached hydrogen (secondary N) is 1. The van der Waals surface area contributed by atoms with Crippen molar-refractivity contribution >= 4 is 16.9 Å². The van der Waals surface area contributed by atoms with E-state index in [1.165, 1.54) is 18.2 Å². The van der Waals surface area contributed by atoms with E-state index < -0.39 is 18.6 Å². The lowest BCUT2D eigenvalue weighted by Crippen LogP contribution is -2.27. The Kier molecular flexibility index (Phi) is 4.46. The van der Waals surface area contributed by atoms with Crippen LogP contribution in [0.25, 0.3) is 11.0 Å². The van der Waals surface area contributed by atoms with Crippen LogP contribution in [0, 0.1) is 0 Å². The van der Waals surface area contributed by atoms with Crippen molar-refractivity contribution in [3.05, 3.63) is 65.9 Å². The number of furan rings is 1. The first-order valence-corrected chi connectivity index (χ1v) is 7.38. The van der Waals surface area contributed by atoms with Crippen molar-refractivity contribution in [2.75, 3.05) is 0 Å². The van der Waals surface area contributed by atoms with Crippen LogP contribution in [0.3, 0.4) is 0 Å². The number of rotatable bonds is 5. The number of amides is 1. The van der Waals surface area contributed by atoms with E-state index in [0.29, 0.717) is 5.76 Å². The van der Waals surface area contributed by atoms with Gasteiger partial charge >= 0.3 is 6.61 Å². The van der Waals surface area contributed by atoms with Crippen molar-refractivity contribution in [3.63, 3.8) is 0 Å². The lowest BCUT2D eigenvalue weighted by Gasteiger charge is -2.14.